The molecule has 252 valence electrons. The molecule has 48 heavy (non-hydrogen) atoms. The van der Waals surface area contributed by atoms with Gasteiger partial charge in [-0.3, -0.25) is 13.9 Å². The van der Waals surface area contributed by atoms with Crippen molar-refractivity contribution in [2.24, 2.45) is 0 Å². The van der Waals surface area contributed by atoms with E-state index >= 15 is 0 Å². The Hall–Kier alpha value is -4.32. The van der Waals surface area contributed by atoms with Crippen LogP contribution in [-0.2, 0) is 32.6 Å². The Balaban J connectivity index is 1.59. The van der Waals surface area contributed by atoms with Gasteiger partial charge in [-0.25, -0.2) is 12.8 Å². The average Bonchev–Trinajstić information content (AvgIpc) is 3.09. The summed E-state index contributed by atoms with van der Waals surface area (Å²) in [5.74, 6) is -1.12. The largest absolute Gasteiger partial charge is 0.486 e. The average molecular weight is 715 g/mol. The number of amides is 2. The number of sulfonamides is 1. The molecule has 1 N–H and O–H groups in total. The first-order valence-corrected chi connectivity index (χ1v) is 17.5. The van der Waals surface area contributed by atoms with Crippen molar-refractivity contribution in [3.05, 3.63) is 118 Å². The van der Waals surface area contributed by atoms with Crippen LogP contribution in [0, 0.1) is 5.82 Å². The molecule has 0 aromatic heterocycles. The predicted octanol–water partition coefficient (Wildman–Crippen LogP) is 6.27. The Labute approximate surface area is 289 Å². The quantitative estimate of drug-likeness (QED) is 0.175. The van der Waals surface area contributed by atoms with Crippen LogP contribution < -0.4 is 19.1 Å². The number of benzene rings is 4. The van der Waals surface area contributed by atoms with Gasteiger partial charge in [-0.2, -0.15) is 0 Å². The molecule has 1 atom stereocenters. The van der Waals surface area contributed by atoms with Crippen LogP contribution in [0.3, 0.4) is 0 Å². The Morgan fingerprint density at radius 1 is 0.896 bits per heavy atom. The monoisotopic (exact) mass is 713 g/mol. The fourth-order valence-electron chi connectivity index (χ4n) is 5.22. The predicted molar refractivity (Wildman–Crippen MR) is 183 cm³/mol. The molecule has 2 amide bonds. The maximum absolute atomic E-state index is 14.6. The molecule has 5 rings (SSSR count). The van der Waals surface area contributed by atoms with Crippen LogP contribution in [0.5, 0.6) is 11.5 Å². The van der Waals surface area contributed by atoms with E-state index in [4.69, 9.17) is 32.7 Å². The summed E-state index contributed by atoms with van der Waals surface area (Å²) in [5, 5.41) is 3.42. The van der Waals surface area contributed by atoms with Gasteiger partial charge in [-0.05, 0) is 60.5 Å². The Morgan fingerprint density at radius 3 is 2.23 bits per heavy atom. The third-order valence-corrected chi connectivity index (χ3v) is 10.2. The SMILES string of the molecule is CCCNC(=O)[C@H](Cc1ccccc1)N(Cc1c(Cl)cccc1Cl)C(=O)CN(c1ccc(F)cc1)S(=O)(=O)c1ccc2c(c1)OCCO2. The lowest BCUT2D eigenvalue weighted by molar-refractivity contribution is -0.140. The highest BCUT2D eigenvalue weighted by Gasteiger charge is 2.35. The smallest absolute Gasteiger partial charge is 0.264 e. The standard InChI is InChI=1S/C35H34Cl2FN3O6S/c1-2-17-39-35(43)31(20-24-7-4-3-5-8-24)40(22-28-29(36)9-6-10-30(28)37)34(42)23-41(26-13-11-25(38)12-14-26)48(44,45)27-15-16-32-33(21-27)47-19-18-46-32/h3-16,21,31H,2,17-20,22-23H2,1H3,(H,39,43)/t31-/m0/s1. The van der Waals surface area contributed by atoms with Crippen molar-refractivity contribution >= 4 is 50.7 Å². The molecule has 0 aliphatic carbocycles. The lowest BCUT2D eigenvalue weighted by Gasteiger charge is -2.34. The minimum absolute atomic E-state index is 0.0328. The fourth-order valence-corrected chi connectivity index (χ4v) is 7.17. The molecule has 4 aromatic rings. The third-order valence-electron chi connectivity index (χ3n) is 7.71. The molecule has 0 spiro atoms. The number of hydrogen-bond acceptors (Lipinski definition) is 6. The van der Waals surface area contributed by atoms with Gasteiger partial charge in [0.25, 0.3) is 10.0 Å². The molecule has 1 heterocycles. The molecule has 0 unspecified atom stereocenters. The van der Waals surface area contributed by atoms with Crippen LogP contribution in [0.2, 0.25) is 10.0 Å². The maximum atomic E-state index is 14.6. The molecule has 0 bridgehead atoms. The van der Waals surface area contributed by atoms with Gasteiger partial charge in [-0.15, -0.1) is 0 Å². The number of anilines is 1. The zero-order valence-corrected chi connectivity index (χ0v) is 28.4. The number of nitrogens with zero attached hydrogens (tertiary/aromatic N) is 2. The summed E-state index contributed by atoms with van der Waals surface area (Å²) < 4.78 is 54.7. The van der Waals surface area contributed by atoms with Gasteiger partial charge in [0.1, 0.15) is 31.6 Å². The van der Waals surface area contributed by atoms with Gasteiger partial charge in [0.2, 0.25) is 11.8 Å². The normalized spacial score (nSPS) is 13.0. The van der Waals surface area contributed by atoms with Crippen LogP contribution >= 0.6 is 23.2 Å². The van der Waals surface area contributed by atoms with Crippen molar-refractivity contribution in [1.29, 1.82) is 0 Å². The second kappa shape index (κ2) is 15.7. The van der Waals surface area contributed by atoms with Crippen molar-refractivity contribution in [3.8, 4) is 11.5 Å². The zero-order valence-electron chi connectivity index (χ0n) is 26.1. The molecule has 13 heteroatoms. The van der Waals surface area contributed by atoms with Crippen LogP contribution in [0.1, 0.15) is 24.5 Å². The van der Waals surface area contributed by atoms with Crippen molar-refractivity contribution in [1.82, 2.24) is 10.2 Å². The van der Waals surface area contributed by atoms with Crippen molar-refractivity contribution in [2.75, 3.05) is 30.6 Å². The van der Waals surface area contributed by atoms with E-state index in [0.29, 0.717) is 30.9 Å². The lowest BCUT2D eigenvalue weighted by Crippen LogP contribution is -2.53. The molecule has 0 fully saturated rings. The topological polar surface area (TPSA) is 105 Å². The number of carbonyl (C=O) groups is 2. The number of hydrogen-bond donors (Lipinski definition) is 1. The van der Waals surface area contributed by atoms with Crippen LogP contribution in [0.4, 0.5) is 10.1 Å². The van der Waals surface area contributed by atoms with Crippen LogP contribution in [0.25, 0.3) is 0 Å². The lowest BCUT2D eigenvalue weighted by atomic mass is 10.0. The molecule has 0 saturated carbocycles. The van der Waals surface area contributed by atoms with E-state index in [2.05, 4.69) is 5.32 Å². The summed E-state index contributed by atoms with van der Waals surface area (Å²) in [6.07, 6.45) is 0.774. The Morgan fingerprint density at radius 2 is 1.56 bits per heavy atom. The highest BCUT2D eigenvalue weighted by Crippen LogP contribution is 2.35. The number of rotatable bonds is 13. The number of halogens is 3. The van der Waals surface area contributed by atoms with Crippen LogP contribution in [-0.4, -0.2) is 57.5 Å². The highest BCUT2D eigenvalue weighted by atomic mass is 35.5. The minimum Gasteiger partial charge on any atom is -0.486 e. The molecule has 0 radical (unpaired) electrons. The van der Waals surface area contributed by atoms with Gasteiger partial charge in [0.15, 0.2) is 11.5 Å². The summed E-state index contributed by atoms with van der Waals surface area (Å²) in [4.78, 5) is 29.5. The molecular formula is C35H34Cl2FN3O6S. The van der Waals surface area contributed by atoms with Crippen LogP contribution in [0.15, 0.2) is 95.9 Å². The summed E-state index contributed by atoms with van der Waals surface area (Å²) in [5.41, 5.74) is 1.19. The van der Waals surface area contributed by atoms with E-state index in [1.54, 1.807) is 18.2 Å². The Kier molecular flexibility index (Phi) is 11.5. The van der Waals surface area contributed by atoms with Gasteiger partial charge in [0.05, 0.1) is 10.6 Å². The number of nitrogens with one attached hydrogen (secondary N) is 1. The summed E-state index contributed by atoms with van der Waals surface area (Å²) in [6, 6.07) is 21.9. The molecule has 0 saturated heterocycles. The van der Waals surface area contributed by atoms with E-state index in [1.807, 2.05) is 37.3 Å². The first-order chi connectivity index (χ1) is 23.1. The Bertz CT molecular complexity index is 1840. The van der Waals surface area contributed by atoms with E-state index in [-0.39, 0.29) is 46.0 Å². The van der Waals surface area contributed by atoms with Crippen molar-refractivity contribution < 1.29 is 31.9 Å². The molecule has 1 aliphatic rings. The molecule has 1 aliphatic heterocycles. The summed E-state index contributed by atoms with van der Waals surface area (Å²) >= 11 is 13.1. The van der Waals surface area contributed by atoms with Crippen molar-refractivity contribution in [2.45, 2.75) is 37.2 Å². The van der Waals surface area contributed by atoms with Crippen molar-refractivity contribution in [3.63, 3.8) is 0 Å². The zero-order chi connectivity index (χ0) is 34.3. The van der Waals surface area contributed by atoms with Gasteiger partial charge in [-0.1, -0.05) is 66.5 Å². The highest BCUT2D eigenvalue weighted by molar-refractivity contribution is 7.92. The maximum Gasteiger partial charge on any atom is 0.264 e. The first-order valence-electron chi connectivity index (χ1n) is 15.3. The van der Waals surface area contributed by atoms with E-state index < -0.39 is 40.2 Å². The second-order valence-electron chi connectivity index (χ2n) is 11.0. The molecule has 9 nitrogen and oxygen atoms in total. The first kappa shape index (κ1) is 35.0. The second-order valence-corrected chi connectivity index (χ2v) is 13.7. The van der Waals surface area contributed by atoms with E-state index in [9.17, 15) is 22.4 Å². The van der Waals surface area contributed by atoms with E-state index in [0.717, 1.165) is 22.0 Å². The fraction of sp³-hybridized carbons (Fsp3) is 0.257. The summed E-state index contributed by atoms with van der Waals surface area (Å²) in [6.45, 7) is 1.88. The van der Waals surface area contributed by atoms with Gasteiger partial charge >= 0.3 is 0 Å². The molecular weight excluding hydrogens is 680 g/mol. The third kappa shape index (κ3) is 8.21. The molecule has 4 aromatic carbocycles. The number of ether oxygens (including phenoxy) is 2. The number of fused-ring (bicyclic) bond motifs is 1. The summed E-state index contributed by atoms with van der Waals surface area (Å²) in [7, 11) is -4.46. The van der Waals surface area contributed by atoms with Gasteiger partial charge in [0, 0.05) is 41.2 Å². The minimum atomic E-state index is -4.46. The number of carbonyl (C=O) groups excluding carboxylic acids is 2. The van der Waals surface area contributed by atoms with Gasteiger partial charge < -0.3 is 19.7 Å². The van der Waals surface area contributed by atoms with E-state index in [1.165, 1.54) is 35.2 Å².